The van der Waals surface area contributed by atoms with Crippen LogP contribution in [-0.2, 0) is 14.3 Å². The first-order valence-corrected chi connectivity index (χ1v) is 5.44. The predicted octanol–water partition coefficient (Wildman–Crippen LogP) is 1.32. The number of hydrogen-bond donors (Lipinski definition) is 2. The number of carbonyl (C=O) groups excluding carboxylic acids is 1. The third kappa shape index (κ3) is 50.5. The van der Waals surface area contributed by atoms with Crippen molar-refractivity contribution in [3.05, 3.63) is 0 Å². The van der Waals surface area contributed by atoms with Crippen molar-refractivity contribution in [3.63, 3.8) is 0 Å². The third-order valence-electron chi connectivity index (χ3n) is 1.24. The first kappa shape index (κ1) is 20.7. The van der Waals surface area contributed by atoms with Crippen LogP contribution in [0.5, 0.6) is 0 Å². The largest absolute Gasteiger partial charge is 0.469 e. The Kier molecular flexibility index (Phi) is 25.7. The Hall–Kier alpha value is -0.650. The molecule has 16 heavy (non-hydrogen) atoms. The number of ether oxygens (including phenoxy) is 2. The minimum atomic E-state index is -1.10. The molecule has 0 rings (SSSR count). The van der Waals surface area contributed by atoms with E-state index in [1.54, 1.807) is 0 Å². The van der Waals surface area contributed by atoms with E-state index in [1.807, 2.05) is 20.8 Å². The Balaban J connectivity index is -0.000000160. The minimum absolute atomic E-state index is 0.245. The normalized spacial score (nSPS) is 8.50. The van der Waals surface area contributed by atoms with E-state index in [4.69, 9.17) is 14.9 Å². The first-order chi connectivity index (χ1) is 7.45. The highest BCUT2D eigenvalue weighted by Gasteiger charge is 1.89. The van der Waals surface area contributed by atoms with E-state index in [1.165, 1.54) is 14.0 Å². The molecule has 5 heteroatoms. The highest BCUT2D eigenvalue weighted by Crippen LogP contribution is 1.88. The van der Waals surface area contributed by atoms with Gasteiger partial charge in [0.1, 0.15) is 0 Å². The van der Waals surface area contributed by atoms with Gasteiger partial charge in [0.2, 0.25) is 0 Å². The molecule has 0 atom stereocenters. The summed E-state index contributed by atoms with van der Waals surface area (Å²) in [7, 11) is 1.35. The average Bonchev–Trinajstić information content (AvgIpc) is 2.20. The molecule has 5 nitrogen and oxygen atoms in total. The van der Waals surface area contributed by atoms with E-state index in [9.17, 15) is 4.79 Å². The predicted molar refractivity (Wildman–Crippen MR) is 63.0 cm³/mol. The number of aliphatic hydroxyl groups is 2. The molecule has 0 aromatic rings. The van der Waals surface area contributed by atoms with Crippen LogP contribution in [0.1, 0.15) is 40.5 Å². The van der Waals surface area contributed by atoms with E-state index < -0.39 is 6.29 Å². The molecule has 0 heterocycles. The third-order valence-corrected chi connectivity index (χ3v) is 1.24. The van der Waals surface area contributed by atoms with Crippen LogP contribution >= 0.6 is 0 Å². The van der Waals surface area contributed by atoms with E-state index in [-0.39, 0.29) is 5.97 Å². The SMILES string of the molecule is CCCC(O)O.CCOCC.COC(C)=O. The first-order valence-electron chi connectivity index (χ1n) is 5.44. The molecule has 0 saturated carbocycles. The van der Waals surface area contributed by atoms with Gasteiger partial charge in [0.15, 0.2) is 6.29 Å². The molecule has 0 bridgehead atoms. The number of methoxy groups -OCH3 is 1. The van der Waals surface area contributed by atoms with Gasteiger partial charge < -0.3 is 19.7 Å². The quantitative estimate of drug-likeness (QED) is 0.570. The number of rotatable bonds is 4. The Bertz CT molecular complexity index is 124. The fourth-order valence-electron chi connectivity index (χ4n) is 0.462. The van der Waals surface area contributed by atoms with Crippen LogP contribution in [0, 0.1) is 0 Å². The van der Waals surface area contributed by atoms with E-state index in [0.29, 0.717) is 6.42 Å². The van der Waals surface area contributed by atoms with Crippen molar-refractivity contribution in [1.29, 1.82) is 0 Å². The Morgan fingerprint density at radius 2 is 1.56 bits per heavy atom. The summed E-state index contributed by atoms with van der Waals surface area (Å²) < 4.78 is 8.94. The molecule has 0 saturated heterocycles. The van der Waals surface area contributed by atoms with Crippen molar-refractivity contribution in [1.82, 2.24) is 0 Å². The molecule has 2 N–H and O–H groups in total. The Labute approximate surface area is 98.4 Å². The van der Waals surface area contributed by atoms with Gasteiger partial charge in [-0.15, -0.1) is 0 Å². The van der Waals surface area contributed by atoms with Gasteiger partial charge in [-0.3, -0.25) is 4.79 Å². The van der Waals surface area contributed by atoms with Crippen LogP contribution < -0.4 is 0 Å². The summed E-state index contributed by atoms with van der Waals surface area (Å²) >= 11 is 0. The summed E-state index contributed by atoms with van der Waals surface area (Å²) in [6, 6.07) is 0. The topological polar surface area (TPSA) is 76.0 Å². The van der Waals surface area contributed by atoms with Crippen molar-refractivity contribution >= 4 is 5.97 Å². The van der Waals surface area contributed by atoms with Gasteiger partial charge in [-0.05, 0) is 20.3 Å². The van der Waals surface area contributed by atoms with Crippen LogP contribution in [0.3, 0.4) is 0 Å². The molecule has 100 valence electrons. The zero-order valence-corrected chi connectivity index (χ0v) is 11.0. The highest BCUT2D eigenvalue weighted by atomic mass is 16.5. The molecule has 0 aliphatic heterocycles. The Morgan fingerprint density at radius 1 is 1.19 bits per heavy atom. The van der Waals surface area contributed by atoms with Crippen LogP contribution in [0.25, 0.3) is 0 Å². The van der Waals surface area contributed by atoms with Gasteiger partial charge in [-0.25, -0.2) is 0 Å². The summed E-state index contributed by atoms with van der Waals surface area (Å²) in [6.45, 7) is 8.93. The number of aliphatic hydroxyl groups excluding tert-OH is 1. The van der Waals surface area contributed by atoms with Crippen molar-refractivity contribution in [2.75, 3.05) is 20.3 Å². The van der Waals surface area contributed by atoms with Crippen LogP contribution in [-0.4, -0.2) is 42.8 Å². The Morgan fingerprint density at radius 3 is 1.56 bits per heavy atom. The molecule has 0 aromatic carbocycles. The standard InChI is InChI=1S/C4H10O2.C4H10O.C3H6O2/c1-2-3-4(5)6;1-3-5-4-2;1-3(4)5-2/h4-6H,2-3H2,1H3;3-4H2,1-2H3;1-2H3. The van der Waals surface area contributed by atoms with Gasteiger partial charge in [-0.1, -0.05) is 13.3 Å². The summed E-state index contributed by atoms with van der Waals surface area (Å²) in [5.41, 5.74) is 0. The van der Waals surface area contributed by atoms with Crippen molar-refractivity contribution in [2.24, 2.45) is 0 Å². The zero-order chi connectivity index (χ0) is 13.4. The zero-order valence-electron chi connectivity index (χ0n) is 11.0. The van der Waals surface area contributed by atoms with Crippen LogP contribution in [0.4, 0.5) is 0 Å². The summed E-state index contributed by atoms with van der Waals surface area (Å²) in [5, 5.41) is 16.2. The van der Waals surface area contributed by atoms with Crippen LogP contribution in [0.15, 0.2) is 0 Å². The molecule has 0 spiro atoms. The molecular weight excluding hydrogens is 212 g/mol. The number of esters is 1. The van der Waals surface area contributed by atoms with Gasteiger partial charge >= 0.3 is 5.97 Å². The number of hydrogen-bond acceptors (Lipinski definition) is 5. The van der Waals surface area contributed by atoms with Gasteiger partial charge in [0, 0.05) is 20.1 Å². The average molecular weight is 238 g/mol. The second-order valence-corrected chi connectivity index (χ2v) is 2.75. The summed E-state index contributed by atoms with van der Waals surface area (Å²) in [5.74, 6) is -0.245. The van der Waals surface area contributed by atoms with E-state index in [2.05, 4.69) is 4.74 Å². The molecule has 0 aliphatic carbocycles. The van der Waals surface area contributed by atoms with Gasteiger partial charge in [-0.2, -0.15) is 0 Å². The minimum Gasteiger partial charge on any atom is -0.469 e. The smallest absolute Gasteiger partial charge is 0.302 e. The maximum Gasteiger partial charge on any atom is 0.302 e. The molecule has 0 aromatic heterocycles. The molecule has 0 aliphatic rings. The summed E-state index contributed by atoms with van der Waals surface area (Å²) in [6.07, 6.45) is 0.215. The fourth-order valence-corrected chi connectivity index (χ4v) is 0.462. The molecule has 0 unspecified atom stereocenters. The second kappa shape index (κ2) is 19.9. The van der Waals surface area contributed by atoms with Gasteiger partial charge in [0.05, 0.1) is 7.11 Å². The van der Waals surface area contributed by atoms with Crippen LogP contribution in [0.2, 0.25) is 0 Å². The monoisotopic (exact) mass is 238 g/mol. The van der Waals surface area contributed by atoms with E-state index in [0.717, 1.165) is 19.6 Å². The molecular formula is C11H26O5. The maximum absolute atomic E-state index is 9.59. The fraction of sp³-hybridized carbons (Fsp3) is 0.909. The second-order valence-electron chi connectivity index (χ2n) is 2.75. The lowest BCUT2D eigenvalue weighted by Crippen LogP contribution is -2.01. The lowest BCUT2D eigenvalue weighted by molar-refractivity contribution is -0.137. The van der Waals surface area contributed by atoms with Crippen molar-refractivity contribution < 1.29 is 24.5 Å². The molecule has 0 fully saturated rings. The summed E-state index contributed by atoms with van der Waals surface area (Å²) in [4.78, 5) is 9.59. The van der Waals surface area contributed by atoms with Gasteiger partial charge in [0.25, 0.3) is 0 Å². The number of carbonyl (C=O) groups is 1. The maximum atomic E-state index is 9.59. The lowest BCUT2D eigenvalue weighted by Gasteiger charge is -1.94. The van der Waals surface area contributed by atoms with Crippen molar-refractivity contribution in [3.8, 4) is 0 Å². The highest BCUT2D eigenvalue weighted by molar-refractivity contribution is 5.65. The van der Waals surface area contributed by atoms with Crippen molar-refractivity contribution in [2.45, 2.75) is 46.8 Å². The molecule has 0 radical (unpaired) electrons. The lowest BCUT2D eigenvalue weighted by atomic mass is 10.3. The van der Waals surface area contributed by atoms with E-state index >= 15 is 0 Å². The molecule has 0 amide bonds.